The average molecular weight is 446 g/mol. The molecule has 0 amide bonds. The van der Waals surface area contributed by atoms with Crippen molar-refractivity contribution >= 4 is 31.5 Å². The topological polar surface area (TPSA) is 22.1 Å². The first-order valence-corrected chi connectivity index (χ1v) is 13.0. The van der Waals surface area contributed by atoms with Crippen molar-refractivity contribution < 1.29 is 13.2 Å². The van der Waals surface area contributed by atoms with Gasteiger partial charge in [-0.15, -0.1) is 0 Å². The first-order chi connectivity index (χ1) is 13.3. The lowest BCUT2D eigenvalue weighted by atomic mass is 10.0. The van der Waals surface area contributed by atoms with Crippen LogP contribution in [0.25, 0.3) is 0 Å². The molecular formula is C21H27Cl2F2NOSi. The predicted octanol–water partition coefficient (Wildman–Crippen LogP) is 7.75. The van der Waals surface area contributed by atoms with Crippen molar-refractivity contribution in [2.75, 3.05) is 0 Å². The van der Waals surface area contributed by atoms with Crippen LogP contribution in [0.5, 0.6) is 0 Å². The number of aromatic nitrogens is 1. The third kappa shape index (κ3) is 5.99. The zero-order valence-electron chi connectivity index (χ0n) is 16.6. The lowest BCUT2D eigenvalue weighted by Crippen LogP contribution is -2.37. The van der Waals surface area contributed by atoms with E-state index in [-0.39, 0.29) is 6.10 Å². The molecule has 7 heteroatoms. The second-order valence-electron chi connectivity index (χ2n) is 7.04. The summed E-state index contributed by atoms with van der Waals surface area (Å²) in [5.74, 6) is -1.12. The van der Waals surface area contributed by atoms with E-state index in [4.69, 9.17) is 27.6 Å². The van der Waals surface area contributed by atoms with Crippen LogP contribution >= 0.6 is 23.2 Å². The molecule has 2 nitrogen and oxygen atoms in total. The molecule has 28 heavy (non-hydrogen) atoms. The number of aryl methyl sites for hydroxylation is 1. The maximum atomic E-state index is 13.4. The maximum absolute atomic E-state index is 13.4. The van der Waals surface area contributed by atoms with Crippen molar-refractivity contribution in [2.24, 2.45) is 0 Å². The molecule has 0 saturated heterocycles. The number of halogens is 4. The Morgan fingerprint density at radius 3 is 2.00 bits per heavy atom. The van der Waals surface area contributed by atoms with E-state index in [0.717, 1.165) is 29.8 Å². The van der Waals surface area contributed by atoms with E-state index in [9.17, 15) is 8.78 Å². The van der Waals surface area contributed by atoms with E-state index >= 15 is 0 Å². The van der Waals surface area contributed by atoms with Crippen LogP contribution in [-0.2, 0) is 10.8 Å². The minimum Gasteiger partial charge on any atom is -0.410 e. The number of nitrogens with zero attached hydrogens (tertiary/aromatic N) is 1. The molecule has 1 aromatic heterocycles. The fourth-order valence-corrected chi connectivity index (χ4v) is 6.99. The van der Waals surface area contributed by atoms with Gasteiger partial charge in [0.25, 0.3) is 0 Å². The van der Waals surface area contributed by atoms with Crippen molar-refractivity contribution in [2.45, 2.75) is 64.3 Å². The lowest BCUT2D eigenvalue weighted by molar-refractivity contribution is 0.176. The fourth-order valence-electron chi connectivity index (χ4n) is 3.54. The van der Waals surface area contributed by atoms with Crippen LogP contribution in [-0.4, -0.2) is 13.3 Å². The lowest BCUT2D eigenvalue weighted by Gasteiger charge is -2.34. The van der Waals surface area contributed by atoms with Crippen LogP contribution in [0.3, 0.4) is 0 Å². The van der Waals surface area contributed by atoms with Crippen molar-refractivity contribution in [3.63, 3.8) is 0 Å². The molecule has 154 valence electrons. The van der Waals surface area contributed by atoms with Gasteiger partial charge in [-0.1, -0.05) is 44.0 Å². The molecular weight excluding hydrogens is 419 g/mol. The zero-order chi connectivity index (χ0) is 20.7. The van der Waals surface area contributed by atoms with Gasteiger partial charge < -0.3 is 4.43 Å². The molecule has 1 aromatic carbocycles. The molecule has 2 aromatic rings. The third-order valence-electron chi connectivity index (χ3n) is 5.39. The number of rotatable bonds is 10. The summed E-state index contributed by atoms with van der Waals surface area (Å²) in [7, 11) is -1.91. The molecule has 0 bridgehead atoms. The Morgan fingerprint density at radius 2 is 1.50 bits per heavy atom. The highest BCUT2D eigenvalue weighted by molar-refractivity contribution is 6.73. The zero-order valence-corrected chi connectivity index (χ0v) is 19.1. The summed E-state index contributed by atoms with van der Waals surface area (Å²) >= 11 is 12.8. The number of hydrogen-bond donors (Lipinski definition) is 0. The van der Waals surface area contributed by atoms with E-state index in [0.29, 0.717) is 34.9 Å². The molecule has 0 fully saturated rings. The fraction of sp³-hybridized carbons (Fsp3) is 0.476. The van der Waals surface area contributed by atoms with Gasteiger partial charge in [-0.25, -0.2) is 8.78 Å². The van der Waals surface area contributed by atoms with Crippen molar-refractivity contribution in [3.05, 3.63) is 63.4 Å². The summed E-state index contributed by atoms with van der Waals surface area (Å²) in [4.78, 5) is 4.04. The summed E-state index contributed by atoms with van der Waals surface area (Å²) in [5, 5.41) is 0.973. The Hall–Kier alpha value is -1.01. The molecule has 1 unspecified atom stereocenters. The maximum Gasteiger partial charge on any atom is 0.192 e. The molecule has 0 aliphatic rings. The summed E-state index contributed by atoms with van der Waals surface area (Å²) in [5.41, 5.74) is 1.39. The van der Waals surface area contributed by atoms with E-state index in [1.165, 1.54) is 12.1 Å². The Morgan fingerprint density at radius 1 is 0.964 bits per heavy atom. The molecule has 0 aliphatic carbocycles. The number of benzene rings is 1. The molecule has 0 saturated carbocycles. The van der Waals surface area contributed by atoms with E-state index < -0.39 is 20.0 Å². The Bertz CT molecular complexity index is 738. The van der Waals surface area contributed by atoms with Gasteiger partial charge in [0.1, 0.15) is 11.6 Å². The quantitative estimate of drug-likeness (QED) is 0.348. The van der Waals surface area contributed by atoms with Gasteiger partial charge in [0.2, 0.25) is 0 Å². The number of hydrogen-bond acceptors (Lipinski definition) is 2. The standard InChI is InChI=1S/C21H27Cl2F2NOSi/c1-4-28(5-2,6-3)27-20(21-18(22)13-26-14-19(21)23)9-7-8-15-10-16(24)12-17(25)11-15/h10-14,20H,4-9H2,1-3H3. The van der Waals surface area contributed by atoms with E-state index in [1.807, 2.05) is 0 Å². The average Bonchev–Trinajstić information content (AvgIpc) is 2.65. The molecule has 1 heterocycles. The van der Waals surface area contributed by atoms with Gasteiger partial charge >= 0.3 is 0 Å². The van der Waals surface area contributed by atoms with Crippen LogP contribution in [0, 0.1) is 11.6 Å². The van der Waals surface area contributed by atoms with Crippen LogP contribution in [0.15, 0.2) is 30.6 Å². The van der Waals surface area contributed by atoms with Crippen LogP contribution < -0.4 is 0 Å². The highest BCUT2D eigenvalue weighted by atomic mass is 35.5. The largest absolute Gasteiger partial charge is 0.410 e. The second-order valence-corrected chi connectivity index (χ2v) is 12.6. The second kappa shape index (κ2) is 10.7. The highest BCUT2D eigenvalue weighted by Gasteiger charge is 2.33. The molecule has 1 atom stereocenters. The monoisotopic (exact) mass is 445 g/mol. The molecule has 0 N–H and O–H groups in total. The number of pyridine rings is 1. The minimum atomic E-state index is -1.91. The Balaban J connectivity index is 2.23. The summed E-state index contributed by atoms with van der Waals surface area (Å²) in [6.45, 7) is 6.50. The van der Waals surface area contributed by atoms with E-state index in [1.54, 1.807) is 12.4 Å². The normalized spacial score (nSPS) is 13.0. The van der Waals surface area contributed by atoms with Crippen LogP contribution in [0.4, 0.5) is 8.78 Å². The molecule has 2 rings (SSSR count). The van der Waals surface area contributed by atoms with Crippen molar-refractivity contribution in [1.29, 1.82) is 0 Å². The predicted molar refractivity (Wildman–Crippen MR) is 115 cm³/mol. The summed E-state index contributed by atoms with van der Waals surface area (Å²) in [6, 6.07) is 6.64. The van der Waals surface area contributed by atoms with Crippen LogP contribution in [0.1, 0.15) is 50.8 Å². The van der Waals surface area contributed by atoms with E-state index in [2.05, 4.69) is 25.8 Å². The Labute approximate surface area is 177 Å². The van der Waals surface area contributed by atoms with Crippen molar-refractivity contribution in [3.8, 4) is 0 Å². The molecule has 0 spiro atoms. The van der Waals surface area contributed by atoms with Gasteiger partial charge in [-0.2, -0.15) is 0 Å². The van der Waals surface area contributed by atoms with Gasteiger partial charge in [-0.05, 0) is 55.1 Å². The third-order valence-corrected chi connectivity index (χ3v) is 10.6. The highest BCUT2D eigenvalue weighted by Crippen LogP contribution is 2.39. The first-order valence-electron chi connectivity index (χ1n) is 9.75. The first kappa shape index (κ1) is 23.3. The van der Waals surface area contributed by atoms with Gasteiger partial charge in [0.05, 0.1) is 16.1 Å². The minimum absolute atomic E-state index is 0.257. The van der Waals surface area contributed by atoms with Crippen LogP contribution in [0.2, 0.25) is 28.2 Å². The Kier molecular flexibility index (Phi) is 8.87. The summed E-state index contributed by atoms with van der Waals surface area (Å²) in [6.07, 6.45) is 4.81. The molecule has 0 aliphatic heterocycles. The smallest absolute Gasteiger partial charge is 0.192 e. The SMILES string of the molecule is CC[Si](CC)(CC)OC(CCCc1cc(F)cc(F)c1)c1c(Cl)cncc1Cl. The summed E-state index contributed by atoms with van der Waals surface area (Å²) < 4.78 is 33.6. The van der Waals surface area contributed by atoms with Crippen molar-refractivity contribution in [1.82, 2.24) is 4.98 Å². The van der Waals surface area contributed by atoms with Gasteiger partial charge in [0.15, 0.2) is 8.32 Å². The van der Waals surface area contributed by atoms with Gasteiger partial charge in [0, 0.05) is 24.0 Å². The molecule has 0 radical (unpaired) electrons. The van der Waals surface area contributed by atoms with Gasteiger partial charge in [-0.3, -0.25) is 4.98 Å².